The van der Waals surface area contributed by atoms with E-state index >= 15 is 0 Å². The molecule has 0 aliphatic carbocycles. The first kappa shape index (κ1) is 24.0. The molecular formula is C23H31ClFN2O3+. The number of nitrogens with one attached hydrogen (secondary N) is 1. The van der Waals surface area contributed by atoms with Gasteiger partial charge in [-0.05, 0) is 57.5 Å². The van der Waals surface area contributed by atoms with E-state index < -0.39 is 0 Å². The second kappa shape index (κ2) is 11.2. The van der Waals surface area contributed by atoms with E-state index in [1.807, 2.05) is 39.8 Å². The molecule has 0 spiro atoms. The van der Waals surface area contributed by atoms with Crippen LogP contribution >= 0.6 is 11.6 Å². The predicted octanol–water partition coefficient (Wildman–Crippen LogP) is 3.48. The number of nitrogens with two attached hydrogens (primary N) is 1. The lowest BCUT2D eigenvalue weighted by atomic mass is 10.1. The lowest BCUT2D eigenvalue weighted by molar-refractivity contribution is -0.670. The smallest absolute Gasteiger partial charge is 0.258 e. The zero-order chi connectivity index (χ0) is 22.1. The van der Waals surface area contributed by atoms with Crippen molar-refractivity contribution in [1.29, 1.82) is 0 Å². The van der Waals surface area contributed by atoms with Crippen molar-refractivity contribution >= 4 is 17.5 Å². The highest BCUT2D eigenvalue weighted by molar-refractivity contribution is 6.32. The van der Waals surface area contributed by atoms with Crippen molar-refractivity contribution in [2.45, 2.75) is 46.2 Å². The molecule has 0 radical (unpaired) electrons. The standard InChI is InChI=1S/C23H30ClFN2O3/c1-5-29-20-13-17(14-26-11-10-16-6-8-18(25)9-7-16)12-19(24)22(20)30-15-21(28)27-23(2,3)4/h6-9,12-13,26H,5,10-11,14-15H2,1-4H3,(H,27,28)/p+1. The summed E-state index contributed by atoms with van der Waals surface area (Å²) in [5.41, 5.74) is 1.76. The number of carbonyl (C=O) groups excluding carboxylic acids is 1. The Morgan fingerprint density at radius 3 is 2.47 bits per heavy atom. The zero-order valence-corrected chi connectivity index (χ0v) is 18.8. The van der Waals surface area contributed by atoms with Crippen LogP contribution in [-0.2, 0) is 17.8 Å². The molecular weight excluding hydrogens is 407 g/mol. The van der Waals surface area contributed by atoms with Gasteiger partial charge in [0.2, 0.25) is 0 Å². The molecule has 7 heteroatoms. The molecule has 2 aromatic rings. The van der Waals surface area contributed by atoms with Crippen molar-refractivity contribution in [3.05, 3.63) is 58.4 Å². The fourth-order valence-electron chi connectivity index (χ4n) is 2.92. The quantitative estimate of drug-likeness (QED) is 0.559. The lowest BCUT2D eigenvalue weighted by Crippen LogP contribution is -2.83. The summed E-state index contributed by atoms with van der Waals surface area (Å²) in [4.78, 5) is 12.0. The number of amides is 1. The Bertz CT molecular complexity index is 836. The van der Waals surface area contributed by atoms with E-state index in [0.29, 0.717) is 29.7 Å². The van der Waals surface area contributed by atoms with E-state index in [2.05, 4.69) is 10.6 Å². The van der Waals surface area contributed by atoms with Crippen LogP contribution < -0.4 is 20.1 Å². The van der Waals surface area contributed by atoms with Gasteiger partial charge < -0.3 is 20.1 Å². The average molecular weight is 438 g/mol. The summed E-state index contributed by atoms with van der Waals surface area (Å²) in [7, 11) is 0. The monoisotopic (exact) mass is 437 g/mol. The summed E-state index contributed by atoms with van der Waals surface area (Å²) in [5.74, 6) is 0.450. The van der Waals surface area contributed by atoms with Crippen LogP contribution in [0.1, 0.15) is 38.8 Å². The van der Waals surface area contributed by atoms with Crippen LogP contribution in [0.25, 0.3) is 0 Å². The maximum atomic E-state index is 13.0. The van der Waals surface area contributed by atoms with Crippen molar-refractivity contribution in [3.63, 3.8) is 0 Å². The summed E-state index contributed by atoms with van der Waals surface area (Å²) in [6.45, 7) is 9.50. The molecule has 2 aromatic carbocycles. The molecule has 0 bridgehead atoms. The van der Waals surface area contributed by atoms with Crippen LogP contribution in [0.3, 0.4) is 0 Å². The van der Waals surface area contributed by atoms with Crippen LogP contribution in [0.4, 0.5) is 4.39 Å². The number of rotatable bonds is 10. The Labute approximate surface area is 182 Å². The summed E-state index contributed by atoms with van der Waals surface area (Å²) in [6.07, 6.45) is 0.844. The van der Waals surface area contributed by atoms with E-state index in [-0.39, 0.29) is 23.9 Å². The van der Waals surface area contributed by atoms with Gasteiger partial charge in [-0.2, -0.15) is 0 Å². The lowest BCUT2D eigenvalue weighted by Gasteiger charge is -2.21. The minimum atomic E-state index is -0.333. The molecule has 0 unspecified atom stereocenters. The van der Waals surface area contributed by atoms with Crippen molar-refractivity contribution in [2.75, 3.05) is 19.8 Å². The zero-order valence-electron chi connectivity index (χ0n) is 18.1. The fraction of sp³-hybridized carbons (Fsp3) is 0.435. The minimum Gasteiger partial charge on any atom is -0.490 e. The van der Waals surface area contributed by atoms with Crippen molar-refractivity contribution < 1.29 is 24.0 Å². The first-order valence-electron chi connectivity index (χ1n) is 10.1. The molecule has 0 aliphatic heterocycles. The minimum absolute atomic E-state index is 0.139. The fourth-order valence-corrected chi connectivity index (χ4v) is 3.21. The Balaban J connectivity index is 1.95. The molecule has 0 aliphatic rings. The van der Waals surface area contributed by atoms with Crippen LogP contribution in [0.5, 0.6) is 11.5 Å². The topological polar surface area (TPSA) is 64.2 Å². The highest BCUT2D eigenvalue weighted by atomic mass is 35.5. The van der Waals surface area contributed by atoms with E-state index in [4.69, 9.17) is 21.1 Å². The van der Waals surface area contributed by atoms with Gasteiger partial charge in [-0.1, -0.05) is 23.7 Å². The third kappa shape index (κ3) is 8.20. The number of hydrogen-bond acceptors (Lipinski definition) is 3. The normalized spacial score (nSPS) is 11.3. The molecule has 164 valence electrons. The summed E-state index contributed by atoms with van der Waals surface area (Å²) < 4.78 is 24.3. The molecule has 0 atom stereocenters. The van der Waals surface area contributed by atoms with Crippen LogP contribution in [0.15, 0.2) is 36.4 Å². The van der Waals surface area contributed by atoms with E-state index in [1.54, 1.807) is 12.1 Å². The molecule has 30 heavy (non-hydrogen) atoms. The number of quaternary nitrogens is 1. The maximum absolute atomic E-state index is 13.0. The van der Waals surface area contributed by atoms with Crippen molar-refractivity contribution in [3.8, 4) is 11.5 Å². The first-order chi connectivity index (χ1) is 14.2. The molecule has 0 aromatic heterocycles. The van der Waals surface area contributed by atoms with E-state index in [0.717, 1.165) is 24.1 Å². The van der Waals surface area contributed by atoms with Gasteiger partial charge in [0.05, 0.1) is 18.2 Å². The second-order valence-electron chi connectivity index (χ2n) is 8.08. The molecule has 2 rings (SSSR count). The molecule has 0 fully saturated rings. The molecule has 5 nitrogen and oxygen atoms in total. The van der Waals surface area contributed by atoms with Gasteiger partial charge in [0.1, 0.15) is 12.4 Å². The Morgan fingerprint density at radius 2 is 1.83 bits per heavy atom. The van der Waals surface area contributed by atoms with Crippen molar-refractivity contribution in [2.24, 2.45) is 0 Å². The number of benzene rings is 2. The molecule has 1 amide bonds. The van der Waals surface area contributed by atoms with Crippen LogP contribution in [0, 0.1) is 5.82 Å². The largest absolute Gasteiger partial charge is 0.490 e. The predicted molar refractivity (Wildman–Crippen MR) is 117 cm³/mol. The summed E-state index contributed by atoms with van der Waals surface area (Å²) >= 11 is 6.42. The number of halogens is 2. The van der Waals surface area contributed by atoms with E-state index in [9.17, 15) is 9.18 Å². The molecule has 3 N–H and O–H groups in total. The molecule has 0 heterocycles. The van der Waals surface area contributed by atoms with Gasteiger partial charge in [0, 0.05) is 17.5 Å². The third-order valence-corrected chi connectivity index (χ3v) is 4.44. The third-order valence-electron chi connectivity index (χ3n) is 4.16. The number of ether oxygens (including phenoxy) is 2. The van der Waals surface area contributed by atoms with Gasteiger partial charge >= 0.3 is 0 Å². The summed E-state index contributed by atoms with van der Waals surface area (Å²) in [6, 6.07) is 10.3. The van der Waals surface area contributed by atoms with Gasteiger partial charge in [-0.25, -0.2) is 4.39 Å². The maximum Gasteiger partial charge on any atom is 0.258 e. The highest BCUT2D eigenvalue weighted by Crippen LogP contribution is 2.36. The van der Waals surface area contributed by atoms with Crippen LogP contribution in [-0.4, -0.2) is 31.2 Å². The summed E-state index contributed by atoms with van der Waals surface area (Å²) in [5, 5.41) is 5.41. The highest BCUT2D eigenvalue weighted by Gasteiger charge is 2.18. The Kier molecular flexibility index (Phi) is 8.93. The average Bonchev–Trinajstić information content (AvgIpc) is 2.65. The Hall–Kier alpha value is -2.31. The van der Waals surface area contributed by atoms with E-state index in [1.165, 1.54) is 12.1 Å². The van der Waals surface area contributed by atoms with Gasteiger partial charge in [-0.15, -0.1) is 0 Å². The van der Waals surface area contributed by atoms with Crippen LogP contribution in [0.2, 0.25) is 5.02 Å². The van der Waals surface area contributed by atoms with Gasteiger partial charge in [0.25, 0.3) is 5.91 Å². The number of carbonyl (C=O) groups is 1. The molecule has 0 saturated carbocycles. The SMILES string of the molecule is CCOc1cc(C[NH2+]CCc2ccc(F)cc2)cc(Cl)c1OCC(=O)NC(C)(C)C. The first-order valence-corrected chi connectivity index (χ1v) is 10.5. The second-order valence-corrected chi connectivity index (χ2v) is 8.49. The number of hydrogen-bond donors (Lipinski definition) is 2. The van der Waals surface area contributed by atoms with Gasteiger partial charge in [0.15, 0.2) is 18.1 Å². The van der Waals surface area contributed by atoms with Crippen molar-refractivity contribution in [1.82, 2.24) is 5.32 Å². The Morgan fingerprint density at radius 1 is 1.13 bits per heavy atom. The van der Waals surface area contributed by atoms with Gasteiger partial charge in [-0.3, -0.25) is 4.79 Å². The molecule has 0 saturated heterocycles.